The van der Waals surface area contributed by atoms with Crippen molar-refractivity contribution in [2.24, 2.45) is 5.73 Å². The predicted octanol–water partition coefficient (Wildman–Crippen LogP) is 2.93. The van der Waals surface area contributed by atoms with Crippen LogP contribution in [0.5, 0.6) is 5.75 Å². The fourth-order valence-corrected chi connectivity index (χ4v) is 1.86. The van der Waals surface area contributed by atoms with Crippen molar-refractivity contribution in [1.82, 2.24) is 0 Å². The summed E-state index contributed by atoms with van der Waals surface area (Å²) in [6.45, 7) is 0.880. The summed E-state index contributed by atoms with van der Waals surface area (Å²) < 4.78 is 5.40. The molecule has 0 aliphatic rings. The lowest BCUT2D eigenvalue weighted by Crippen LogP contribution is -2.13. The van der Waals surface area contributed by atoms with Gasteiger partial charge in [0.2, 0.25) is 0 Å². The van der Waals surface area contributed by atoms with Crippen LogP contribution in [0.4, 0.5) is 5.69 Å². The fraction of sp³-hybridized carbons (Fsp3) is 0.133. The first-order valence-electron chi connectivity index (χ1n) is 6.19. The smallest absolute Gasteiger partial charge is 0.255 e. The largest absolute Gasteiger partial charge is 0.492 e. The van der Waals surface area contributed by atoms with Gasteiger partial charge in [0, 0.05) is 28.9 Å². The number of carbonyl (C=O) groups is 1. The van der Waals surface area contributed by atoms with E-state index in [0.29, 0.717) is 35.2 Å². The van der Waals surface area contributed by atoms with Gasteiger partial charge in [0.25, 0.3) is 5.91 Å². The third-order valence-corrected chi connectivity index (χ3v) is 2.80. The first-order chi connectivity index (χ1) is 9.69. The maximum Gasteiger partial charge on any atom is 0.255 e. The number of hydrogen-bond donors (Lipinski definition) is 2. The van der Waals surface area contributed by atoms with E-state index >= 15 is 0 Å². The lowest BCUT2D eigenvalue weighted by atomic mass is 10.2. The molecule has 0 saturated carbocycles. The van der Waals surface area contributed by atoms with Crippen LogP contribution in [0.25, 0.3) is 0 Å². The molecule has 2 aromatic carbocycles. The van der Waals surface area contributed by atoms with Gasteiger partial charge in [0.1, 0.15) is 12.4 Å². The van der Waals surface area contributed by atoms with Gasteiger partial charge in [-0.05, 0) is 30.3 Å². The highest BCUT2D eigenvalue weighted by atomic mass is 35.5. The zero-order valence-corrected chi connectivity index (χ0v) is 11.6. The zero-order chi connectivity index (χ0) is 14.4. The number of ether oxygens (including phenoxy) is 1. The normalized spacial score (nSPS) is 10.1. The van der Waals surface area contributed by atoms with Crippen molar-refractivity contribution in [3.63, 3.8) is 0 Å². The minimum atomic E-state index is -0.219. The van der Waals surface area contributed by atoms with Crippen LogP contribution >= 0.6 is 11.6 Å². The lowest BCUT2D eigenvalue weighted by Gasteiger charge is -2.08. The Morgan fingerprint density at radius 2 is 2.00 bits per heavy atom. The molecule has 1 amide bonds. The Morgan fingerprint density at radius 1 is 1.20 bits per heavy atom. The second kappa shape index (κ2) is 6.93. The highest BCUT2D eigenvalue weighted by Crippen LogP contribution is 2.18. The van der Waals surface area contributed by atoms with Crippen LogP contribution < -0.4 is 15.8 Å². The van der Waals surface area contributed by atoms with E-state index in [-0.39, 0.29) is 5.91 Å². The molecular formula is C15H15ClN2O2. The van der Waals surface area contributed by atoms with E-state index in [1.807, 2.05) is 6.07 Å². The van der Waals surface area contributed by atoms with Crippen LogP contribution in [0, 0.1) is 0 Å². The third-order valence-electron chi connectivity index (χ3n) is 2.57. The summed E-state index contributed by atoms with van der Waals surface area (Å²) in [5.41, 5.74) is 6.54. The van der Waals surface area contributed by atoms with Crippen molar-refractivity contribution in [3.05, 3.63) is 59.1 Å². The molecule has 2 aromatic rings. The van der Waals surface area contributed by atoms with Crippen molar-refractivity contribution in [3.8, 4) is 5.75 Å². The van der Waals surface area contributed by atoms with E-state index in [0.717, 1.165) is 0 Å². The molecule has 104 valence electrons. The zero-order valence-electron chi connectivity index (χ0n) is 10.8. The summed E-state index contributed by atoms with van der Waals surface area (Å²) >= 11 is 5.86. The van der Waals surface area contributed by atoms with Gasteiger partial charge < -0.3 is 15.8 Å². The molecule has 0 spiro atoms. The monoisotopic (exact) mass is 290 g/mol. The van der Waals surface area contributed by atoms with Crippen molar-refractivity contribution in [2.75, 3.05) is 18.5 Å². The number of carbonyl (C=O) groups excluding carboxylic acids is 1. The Balaban J connectivity index is 2.07. The molecule has 0 unspecified atom stereocenters. The highest BCUT2D eigenvalue weighted by molar-refractivity contribution is 6.31. The molecule has 0 aromatic heterocycles. The van der Waals surface area contributed by atoms with Crippen molar-refractivity contribution in [1.29, 1.82) is 0 Å². The average molecular weight is 291 g/mol. The molecule has 0 fully saturated rings. The summed E-state index contributed by atoms with van der Waals surface area (Å²) in [7, 11) is 0. The topological polar surface area (TPSA) is 64.3 Å². The molecule has 20 heavy (non-hydrogen) atoms. The summed E-state index contributed by atoms with van der Waals surface area (Å²) in [5.74, 6) is 0.447. The molecule has 0 radical (unpaired) electrons. The van der Waals surface area contributed by atoms with Crippen molar-refractivity contribution < 1.29 is 9.53 Å². The van der Waals surface area contributed by atoms with Crippen molar-refractivity contribution in [2.45, 2.75) is 0 Å². The van der Waals surface area contributed by atoms with Crippen LogP contribution in [0.15, 0.2) is 48.5 Å². The standard InChI is InChI=1S/C15H15ClN2O2/c16-12-4-1-3-11(9-12)15(19)18-13-5-2-6-14(10-13)20-8-7-17/h1-6,9-10H,7-8,17H2,(H,18,19). The summed E-state index contributed by atoms with van der Waals surface area (Å²) in [4.78, 5) is 12.1. The molecule has 0 saturated heterocycles. The molecular weight excluding hydrogens is 276 g/mol. The van der Waals surface area contributed by atoms with Crippen molar-refractivity contribution >= 4 is 23.2 Å². The number of benzene rings is 2. The number of hydrogen-bond acceptors (Lipinski definition) is 3. The van der Waals surface area contributed by atoms with Gasteiger partial charge in [-0.1, -0.05) is 23.7 Å². The van der Waals surface area contributed by atoms with Crippen LogP contribution in [-0.4, -0.2) is 19.1 Å². The van der Waals surface area contributed by atoms with Crippen LogP contribution in [0.1, 0.15) is 10.4 Å². The van der Waals surface area contributed by atoms with Gasteiger partial charge >= 0.3 is 0 Å². The van der Waals surface area contributed by atoms with Gasteiger partial charge in [0.05, 0.1) is 0 Å². The second-order valence-electron chi connectivity index (χ2n) is 4.13. The first-order valence-corrected chi connectivity index (χ1v) is 6.56. The maximum atomic E-state index is 12.1. The number of nitrogens with two attached hydrogens (primary N) is 1. The summed E-state index contributed by atoms with van der Waals surface area (Å²) in [6.07, 6.45) is 0. The molecule has 0 atom stereocenters. The average Bonchev–Trinajstić information content (AvgIpc) is 2.45. The minimum absolute atomic E-state index is 0.219. The van der Waals surface area contributed by atoms with E-state index in [1.54, 1.807) is 42.5 Å². The molecule has 4 nitrogen and oxygen atoms in total. The first kappa shape index (κ1) is 14.4. The van der Waals surface area contributed by atoms with E-state index < -0.39 is 0 Å². The predicted molar refractivity (Wildman–Crippen MR) is 80.4 cm³/mol. The summed E-state index contributed by atoms with van der Waals surface area (Å²) in [5, 5.41) is 3.32. The van der Waals surface area contributed by atoms with Gasteiger partial charge in [-0.3, -0.25) is 4.79 Å². The number of amides is 1. The Labute approximate surface area is 122 Å². The third kappa shape index (κ3) is 3.98. The quantitative estimate of drug-likeness (QED) is 0.890. The van der Waals surface area contributed by atoms with Gasteiger partial charge in [-0.15, -0.1) is 0 Å². The Kier molecular flexibility index (Phi) is 4.98. The molecule has 3 N–H and O–H groups in total. The Morgan fingerprint density at radius 3 is 2.75 bits per heavy atom. The number of nitrogens with one attached hydrogen (secondary N) is 1. The van der Waals surface area contributed by atoms with Gasteiger partial charge in [0.15, 0.2) is 0 Å². The lowest BCUT2D eigenvalue weighted by molar-refractivity contribution is 0.102. The fourth-order valence-electron chi connectivity index (χ4n) is 1.67. The number of halogens is 1. The van der Waals surface area contributed by atoms with Crippen LogP contribution in [0.3, 0.4) is 0 Å². The number of rotatable bonds is 5. The second-order valence-corrected chi connectivity index (χ2v) is 4.57. The van der Waals surface area contributed by atoms with Gasteiger partial charge in [-0.25, -0.2) is 0 Å². The maximum absolute atomic E-state index is 12.1. The summed E-state index contributed by atoms with van der Waals surface area (Å²) in [6, 6.07) is 13.9. The van der Waals surface area contributed by atoms with Crippen LogP contribution in [0.2, 0.25) is 5.02 Å². The molecule has 0 aliphatic carbocycles. The minimum Gasteiger partial charge on any atom is -0.492 e. The van der Waals surface area contributed by atoms with E-state index in [1.165, 1.54) is 0 Å². The molecule has 5 heteroatoms. The molecule has 0 aliphatic heterocycles. The molecule has 0 heterocycles. The SMILES string of the molecule is NCCOc1cccc(NC(=O)c2cccc(Cl)c2)c1. The Hall–Kier alpha value is -2.04. The Bertz CT molecular complexity index is 602. The van der Waals surface area contributed by atoms with E-state index in [4.69, 9.17) is 22.1 Å². The van der Waals surface area contributed by atoms with Crippen LogP contribution in [-0.2, 0) is 0 Å². The number of anilines is 1. The van der Waals surface area contributed by atoms with E-state index in [2.05, 4.69) is 5.32 Å². The molecule has 2 rings (SSSR count). The highest BCUT2D eigenvalue weighted by Gasteiger charge is 2.07. The van der Waals surface area contributed by atoms with Gasteiger partial charge in [-0.2, -0.15) is 0 Å². The van der Waals surface area contributed by atoms with E-state index in [9.17, 15) is 4.79 Å². The molecule has 0 bridgehead atoms.